The summed E-state index contributed by atoms with van der Waals surface area (Å²) in [5.74, 6) is 0.213. The van der Waals surface area contributed by atoms with Crippen LogP contribution in [-0.2, 0) is 12.6 Å². The van der Waals surface area contributed by atoms with Crippen molar-refractivity contribution in [2.75, 3.05) is 0 Å². The SMILES string of the molecule is Oc1ccccc1C/C=C/c1ccc(C(F)(F)F)cc1. The first-order chi connectivity index (χ1) is 9.47. The van der Waals surface area contributed by atoms with Crippen LogP contribution in [0.3, 0.4) is 0 Å². The number of para-hydroxylation sites is 1. The first-order valence-corrected chi connectivity index (χ1v) is 6.07. The van der Waals surface area contributed by atoms with Crippen molar-refractivity contribution in [1.82, 2.24) is 0 Å². The van der Waals surface area contributed by atoms with Gasteiger partial charge in [-0.3, -0.25) is 0 Å². The highest BCUT2D eigenvalue weighted by Crippen LogP contribution is 2.29. The number of hydrogen-bond acceptors (Lipinski definition) is 1. The molecule has 2 rings (SSSR count). The molecule has 0 atom stereocenters. The van der Waals surface area contributed by atoms with Gasteiger partial charge in [-0.25, -0.2) is 0 Å². The standard InChI is InChI=1S/C16H13F3O/c17-16(18,19)14-10-8-12(9-11-14)4-3-6-13-5-1-2-7-15(13)20/h1-5,7-11,20H,6H2/b4-3+. The van der Waals surface area contributed by atoms with E-state index >= 15 is 0 Å². The minimum absolute atomic E-state index is 0.213. The van der Waals surface area contributed by atoms with Gasteiger partial charge in [0.05, 0.1) is 5.56 Å². The zero-order chi connectivity index (χ0) is 14.6. The lowest BCUT2D eigenvalue weighted by Crippen LogP contribution is -2.03. The molecule has 1 N–H and O–H groups in total. The summed E-state index contributed by atoms with van der Waals surface area (Å²) in [6, 6.07) is 11.9. The Morgan fingerprint density at radius 2 is 1.60 bits per heavy atom. The van der Waals surface area contributed by atoms with Crippen molar-refractivity contribution in [2.24, 2.45) is 0 Å². The Morgan fingerprint density at radius 3 is 2.20 bits per heavy atom. The summed E-state index contributed by atoms with van der Waals surface area (Å²) >= 11 is 0. The molecule has 0 bridgehead atoms. The van der Waals surface area contributed by atoms with Crippen molar-refractivity contribution in [3.63, 3.8) is 0 Å². The molecule has 0 aliphatic rings. The minimum atomic E-state index is -4.31. The van der Waals surface area contributed by atoms with E-state index in [2.05, 4.69) is 0 Å². The van der Waals surface area contributed by atoms with Gasteiger partial charge in [0.1, 0.15) is 5.75 Å². The number of halogens is 3. The molecule has 0 aliphatic carbocycles. The quantitative estimate of drug-likeness (QED) is 0.865. The van der Waals surface area contributed by atoms with Crippen LogP contribution in [0.5, 0.6) is 5.75 Å². The van der Waals surface area contributed by atoms with Crippen LogP contribution < -0.4 is 0 Å². The van der Waals surface area contributed by atoms with Gasteiger partial charge in [0.2, 0.25) is 0 Å². The van der Waals surface area contributed by atoms with E-state index in [1.165, 1.54) is 12.1 Å². The average Bonchev–Trinajstić information content (AvgIpc) is 2.40. The molecule has 104 valence electrons. The number of rotatable bonds is 3. The van der Waals surface area contributed by atoms with Gasteiger partial charge < -0.3 is 5.11 Å². The van der Waals surface area contributed by atoms with E-state index in [0.717, 1.165) is 17.7 Å². The van der Waals surface area contributed by atoms with Gasteiger partial charge in [0.25, 0.3) is 0 Å². The van der Waals surface area contributed by atoms with Crippen molar-refractivity contribution in [3.05, 3.63) is 71.3 Å². The monoisotopic (exact) mass is 278 g/mol. The lowest BCUT2D eigenvalue weighted by molar-refractivity contribution is -0.137. The molecule has 4 heteroatoms. The minimum Gasteiger partial charge on any atom is -0.508 e. The molecule has 0 aliphatic heterocycles. The van der Waals surface area contributed by atoms with Crippen molar-refractivity contribution >= 4 is 6.08 Å². The molecule has 0 saturated carbocycles. The molecule has 0 radical (unpaired) electrons. The number of aromatic hydroxyl groups is 1. The summed E-state index contributed by atoms with van der Waals surface area (Å²) in [6.07, 6.45) is -0.254. The van der Waals surface area contributed by atoms with E-state index in [1.54, 1.807) is 30.4 Å². The van der Waals surface area contributed by atoms with Crippen LogP contribution in [-0.4, -0.2) is 5.11 Å². The number of alkyl halides is 3. The predicted molar refractivity (Wildman–Crippen MR) is 72.3 cm³/mol. The number of benzene rings is 2. The maximum absolute atomic E-state index is 12.4. The molecule has 20 heavy (non-hydrogen) atoms. The first kappa shape index (κ1) is 14.2. The lowest BCUT2D eigenvalue weighted by Gasteiger charge is -2.06. The van der Waals surface area contributed by atoms with Gasteiger partial charge in [-0.1, -0.05) is 42.5 Å². The second-order valence-corrected chi connectivity index (χ2v) is 4.35. The maximum atomic E-state index is 12.4. The molecule has 0 unspecified atom stereocenters. The second-order valence-electron chi connectivity index (χ2n) is 4.35. The first-order valence-electron chi connectivity index (χ1n) is 6.07. The van der Waals surface area contributed by atoms with Crippen LogP contribution in [0.4, 0.5) is 13.2 Å². The van der Waals surface area contributed by atoms with Gasteiger partial charge in [-0.15, -0.1) is 0 Å². The zero-order valence-electron chi connectivity index (χ0n) is 10.6. The molecule has 1 nitrogen and oxygen atoms in total. The Kier molecular flexibility index (Phi) is 4.13. The van der Waals surface area contributed by atoms with Crippen molar-refractivity contribution in [2.45, 2.75) is 12.6 Å². The molecule has 0 fully saturated rings. The summed E-state index contributed by atoms with van der Waals surface area (Å²) in [7, 11) is 0. The summed E-state index contributed by atoms with van der Waals surface area (Å²) in [6.45, 7) is 0. The average molecular weight is 278 g/mol. The molecule has 2 aromatic carbocycles. The number of phenols is 1. The zero-order valence-corrected chi connectivity index (χ0v) is 10.6. The number of allylic oxidation sites excluding steroid dienone is 1. The number of hydrogen-bond donors (Lipinski definition) is 1. The fraction of sp³-hybridized carbons (Fsp3) is 0.125. The Bertz CT molecular complexity index is 598. The van der Waals surface area contributed by atoms with E-state index in [-0.39, 0.29) is 5.75 Å². The third kappa shape index (κ3) is 3.63. The second kappa shape index (κ2) is 5.82. The third-order valence-corrected chi connectivity index (χ3v) is 2.88. The molecule has 2 aromatic rings. The highest BCUT2D eigenvalue weighted by molar-refractivity contribution is 5.51. The molecule has 0 heterocycles. The summed E-state index contributed by atoms with van der Waals surface area (Å²) in [4.78, 5) is 0. The highest BCUT2D eigenvalue weighted by atomic mass is 19.4. The van der Waals surface area contributed by atoms with Crippen LogP contribution in [0, 0.1) is 0 Å². The molecule has 0 aromatic heterocycles. The molecular formula is C16H13F3O. The topological polar surface area (TPSA) is 20.2 Å². The fourth-order valence-electron chi connectivity index (χ4n) is 1.79. The summed E-state index contributed by atoms with van der Waals surface area (Å²) in [5.41, 5.74) is 0.805. The van der Waals surface area contributed by atoms with E-state index in [4.69, 9.17) is 0 Å². The van der Waals surface area contributed by atoms with Crippen LogP contribution in [0.15, 0.2) is 54.6 Å². The molecule has 0 saturated heterocycles. The normalized spacial score (nSPS) is 11.9. The van der Waals surface area contributed by atoms with Crippen LogP contribution in [0.25, 0.3) is 6.08 Å². The van der Waals surface area contributed by atoms with Gasteiger partial charge in [0.15, 0.2) is 0 Å². The Morgan fingerprint density at radius 1 is 0.950 bits per heavy atom. The smallest absolute Gasteiger partial charge is 0.416 e. The summed E-state index contributed by atoms with van der Waals surface area (Å²) < 4.78 is 37.2. The van der Waals surface area contributed by atoms with Gasteiger partial charge in [-0.05, 0) is 35.7 Å². The van der Waals surface area contributed by atoms with E-state index in [9.17, 15) is 18.3 Å². The van der Waals surface area contributed by atoms with E-state index in [1.807, 2.05) is 6.07 Å². The Balaban J connectivity index is 2.04. The largest absolute Gasteiger partial charge is 0.508 e. The lowest BCUT2D eigenvalue weighted by atomic mass is 10.1. The van der Waals surface area contributed by atoms with Crippen molar-refractivity contribution in [1.29, 1.82) is 0 Å². The Labute approximate surface area is 115 Å². The summed E-state index contributed by atoms with van der Waals surface area (Å²) in [5, 5.41) is 9.57. The highest BCUT2D eigenvalue weighted by Gasteiger charge is 2.29. The van der Waals surface area contributed by atoms with Crippen LogP contribution in [0.1, 0.15) is 16.7 Å². The Hall–Kier alpha value is -2.23. The van der Waals surface area contributed by atoms with Gasteiger partial charge in [0, 0.05) is 0 Å². The number of phenolic OH excluding ortho intramolecular Hbond substituents is 1. The maximum Gasteiger partial charge on any atom is 0.416 e. The van der Waals surface area contributed by atoms with Gasteiger partial charge in [-0.2, -0.15) is 13.2 Å². The van der Waals surface area contributed by atoms with E-state index in [0.29, 0.717) is 12.0 Å². The fourth-order valence-corrected chi connectivity index (χ4v) is 1.79. The molecular weight excluding hydrogens is 265 g/mol. The van der Waals surface area contributed by atoms with E-state index < -0.39 is 11.7 Å². The molecule has 0 spiro atoms. The van der Waals surface area contributed by atoms with Crippen molar-refractivity contribution < 1.29 is 18.3 Å². The van der Waals surface area contributed by atoms with Crippen LogP contribution in [0.2, 0.25) is 0 Å². The van der Waals surface area contributed by atoms with Crippen LogP contribution >= 0.6 is 0 Å². The van der Waals surface area contributed by atoms with Crippen molar-refractivity contribution in [3.8, 4) is 5.75 Å². The third-order valence-electron chi connectivity index (χ3n) is 2.88. The van der Waals surface area contributed by atoms with Gasteiger partial charge >= 0.3 is 6.18 Å². The molecule has 0 amide bonds. The predicted octanol–water partition coefficient (Wildman–Crippen LogP) is 4.67.